The standard InChI is InChI=1S/C21H22ClN3O4S2/c1-12(26)23-6-7-31(28,29)11-16-15-5-3-2-4-13(15)8-17(16)24-20(27)18-9-14-10-19(22)30-21(14)25-18/h2-5,9-10,16-17,25H,6-8,11H2,1H3,(H,23,26)(H,24,27)/t16-,17-/m1/s1. The first-order chi connectivity index (χ1) is 14.7. The SMILES string of the molecule is CC(=O)NCCS(=O)(=O)C[C@@H]1c2ccccc2C[C@H]1NC(=O)c1cc2cc(Cl)sc2[nH]1. The number of aromatic nitrogens is 1. The summed E-state index contributed by atoms with van der Waals surface area (Å²) in [6.45, 7) is 1.43. The number of sulfone groups is 1. The minimum Gasteiger partial charge on any atom is -0.355 e. The summed E-state index contributed by atoms with van der Waals surface area (Å²) in [7, 11) is -3.44. The van der Waals surface area contributed by atoms with E-state index in [1.54, 1.807) is 12.1 Å². The van der Waals surface area contributed by atoms with Crippen LogP contribution < -0.4 is 10.6 Å². The zero-order valence-corrected chi connectivity index (χ0v) is 19.2. The summed E-state index contributed by atoms with van der Waals surface area (Å²) in [5.41, 5.74) is 2.39. The van der Waals surface area contributed by atoms with E-state index < -0.39 is 9.84 Å². The van der Waals surface area contributed by atoms with Gasteiger partial charge in [-0.05, 0) is 29.7 Å². The summed E-state index contributed by atoms with van der Waals surface area (Å²) in [4.78, 5) is 27.8. The van der Waals surface area contributed by atoms with Gasteiger partial charge in [0, 0.05) is 30.8 Å². The zero-order chi connectivity index (χ0) is 22.2. The number of benzene rings is 1. The largest absolute Gasteiger partial charge is 0.355 e. The molecule has 0 spiro atoms. The summed E-state index contributed by atoms with van der Waals surface area (Å²) in [5, 5.41) is 6.41. The molecule has 2 heterocycles. The first kappa shape index (κ1) is 21.9. The third-order valence-corrected chi connectivity index (χ3v) is 8.33. The molecule has 1 aromatic carbocycles. The molecule has 7 nitrogen and oxygen atoms in total. The lowest BCUT2D eigenvalue weighted by molar-refractivity contribution is -0.118. The molecule has 0 radical (unpaired) electrons. The number of carbonyl (C=O) groups excluding carboxylic acids is 2. The van der Waals surface area contributed by atoms with E-state index in [9.17, 15) is 18.0 Å². The molecule has 0 fully saturated rings. The first-order valence-electron chi connectivity index (χ1n) is 9.83. The Bertz CT molecular complexity index is 1220. The van der Waals surface area contributed by atoms with Gasteiger partial charge in [0.15, 0.2) is 9.84 Å². The second-order valence-electron chi connectivity index (χ2n) is 7.70. The van der Waals surface area contributed by atoms with Gasteiger partial charge in [-0.25, -0.2) is 8.42 Å². The van der Waals surface area contributed by atoms with Gasteiger partial charge in [-0.2, -0.15) is 0 Å². The number of rotatable bonds is 7. The van der Waals surface area contributed by atoms with Crippen LogP contribution in [0.2, 0.25) is 4.34 Å². The molecule has 1 aliphatic rings. The predicted octanol–water partition coefficient (Wildman–Crippen LogP) is 2.87. The lowest BCUT2D eigenvalue weighted by Crippen LogP contribution is -2.40. The van der Waals surface area contributed by atoms with Gasteiger partial charge in [-0.1, -0.05) is 35.9 Å². The number of aromatic amines is 1. The highest BCUT2D eigenvalue weighted by atomic mass is 35.5. The Morgan fingerprint density at radius 2 is 2.03 bits per heavy atom. The van der Waals surface area contributed by atoms with E-state index >= 15 is 0 Å². The molecule has 0 saturated carbocycles. The van der Waals surface area contributed by atoms with E-state index in [4.69, 9.17) is 11.6 Å². The van der Waals surface area contributed by atoms with Crippen molar-refractivity contribution in [2.24, 2.45) is 0 Å². The minimum absolute atomic E-state index is 0.0742. The van der Waals surface area contributed by atoms with Gasteiger partial charge in [0.2, 0.25) is 5.91 Å². The van der Waals surface area contributed by atoms with Crippen LogP contribution in [0.25, 0.3) is 10.2 Å². The Morgan fingerprint density at radius 1 is 1.26 bits per heavy atom. The lowest BCUT2D eigenvalue weighted by atomic mass is 10.0. The molecule has 2 aromatic heterocycles. The number of H-pyrrole nitrogens is 1. The number of hydrogen-bond acceptors (Lipinski definition) is 5. The maximum absolute atomic E-state index is 12.9. The molecule has 31 heavy (non-hydrogen) atoms. The number of carbonyl (C=O) groups is 2. The van der Waals surface area contributed by atoms with Gasteiger partial charge < -0.3 is 15.6 Å². The van der Waals surface area contributed by atoms with Crippen molar-refractivity contribution in [1.29, 1.82) is 0 Å². The molecule has 3 N–H and O–H groups in total. The summed E-state index contributed by atoms with van der Waals surface area (Å²) >= 11 is 7.36. The second-order valence-corrected chi connectivity index (χ2v) is 11.6. The second kappa shape index (κ2) is 8.64. The Kier molecular flexibility index (Phi) is 6.09. The third-order valence-electron chi connectivity index (χ3n) is 5.44. The highest BCUT2D eigenvalue weighted by molar-refractivity contribution is 7.91. The first-order valence-corrected chi connectivity index (χ1v) is 12.8. The lowest BCUT2D eigenvalue weighted by Gasteiger charge is -2.22. The quantitative estimate of drug-likeness (QED) is 0.484. The molecule has 1 aliphatic carbocycles. The van der Waals surface area contributed by atoms with E-state index in [0.29, 0.717) is 16.5 Å². The summed E-state index contributed by atoms with van der Waals surface area (Å²) in [5.74, 6) is -1.13. The predicted molar refractivity (Wildman–Crippen MR) is 123 cm³/mol. The van der Waals surface area contributed by atoms with E-state index in [-0.39, 0.29) is 41.8 Å². The van der Waals surface area contributed by atoms with Crippen LogP contribution in [0.15, 0.2) is 36.4 Å². The molecule has 3 aromatic rings. The highest BCUT2D eigenvalue weighted by Crippen LogP contribution is 2.35. The van der Waals surface area contributed by atoms with Crippen molar-refractivity contribution in [3.05, 3.63) is 57.6 Å². The van der Waals surface area contributed by atoms with Gasteiger partial charge in [0.05, 0.1) is 15.8 Å². The number of amides is 2. The van der Waals surface area contributed by atoms with Crippen LogP contribution in [0.5, 0.6) is 0 Å². The molecule has 2 atom stereocenters. The van der Waals surface area contributed by atoms with E-state index in [0.717, 1.165) is 21.3 Å². The Morgan fingerprint density at radius 3 is 2.77 bits per heavy atom. The number of halogens is 1. The van der Waals surface area contributed by atoms with Crippen LogP contribution in [0, 0.1) is 0 Å². The third kappa shape index (κ3) is 4.94. The van der Waals surface area contributed by atoms with Crippen LogP contribution in [-0.4, -0.2) is 49.3 Å². The molecule has 164 valence electrons. The Labute approximate surface area is 189 Å². The maximum atomic E-state index is 12.9. The Hall–Kier alpha value is -2.36. The molecule has 10 heteroatoms. The summed E-state index contributed by atoms with van der Waals surface area (Å²) < 4.78 is 26.1. The maximum Gasteiger partial charge on any atom is 0.268 e. The van der Waals surface area contributed by atoms with Crippen LogP contribution in [-0.2, 0) is 21.1 Å². The Balaban J connectivity index is 1.52. The minimum atomic E-state index is -3.44. The molecule has 2 amide bonds. The van der Waals surface area contributed by atoms with Crippen molar-refractivity contribution in [2.75, 3.05) is 18.1 Å². The number of nitrogens with one attached hydrogen (secondary N) is 3. The average Bonchev–Trinajstić information content (AvgIpc) is 3.33. The fraction of sp³-hybridized carbons (Fsp3) is 0.333. The van der Waals surface area contributed by atoms with E-state index in [1.807, 2.05) is 24.3 Å². The number of hydrogen-bond donors (Lipinski definition) is 3. The van der Waals surface area contributed by atoms with Crippen LogP contribution in [0.4, 0.5) is 0 Å². The monoisotopic (exact) mass is 479 g/mol. The molecular formula is C21H22ClN3O4S2. The number of thiophene rings is 1. The van der Waals surface area contributed by atoms with Gasteiger partial charge >= 0.3 is 0 Å². The van der Waals surface area contributed by atoms with E-state index in [1.165, 1.54) is 18.3 Å². The van der Waals surface area contributed by atoms with Gasteiger partial charge in [-0.3, -0.25) is 9.59 Å². The molecule has 4 rings (SSSR count). The summed E-state index contributed by atoms with van der Waals surface area (Å²) in [6.07, 6.45) is 0.564. The van der Waals surface area contributed by atoms with Crippen molar-refractivity contribution in [3.8, 4) is 0 Å². The van der Waals surface area contributed by atoms with Gasteiger partial charge in [0.1, 0.15) is 10.5 Å². The highest BCUT2D eigenvalue weighted by Gasteiger charge is 2.36. The number of fused-ring (bicyclic) bond motifs is 2. The van der Waals surface area contributed by atoms with Crippen LogP contribution in [0.3, 0.4) is 0 Å². The zero-order valence-electron chi connectivity index (χ0n) is 16.8. The molecule has 0 aliphatic heterocycles. The van der Waals surface area contributed by atoms with Crippen molar-refractivity contribution in [1.82, 2.24) is 15.6 Å². The van der Waals surface area contributed by atoms with E-state index in [2.05, 4.69) is 15.6 Å². The van der Waals surface area contributed by atoms with Crippen LogP contribution in [0.1, 0.15) is 34.5 Å². The van der Waals surface area contributed by atoms with Gasteiger partial charge in [0.25, 0.3) is 5.91 Å². The molecule has 0 unspecified atom stereocenters. The van der Waals surface area contributed by atoms with Gasteiger partial charge in [-0.15, -0.1) is 11.3 Å². The average molecular weight is 480 g/mol. The fourth-order valence-electron chi connectivity index (χ4n) is 4.04. The van der Waals surface area contributed by atoms with Crippen LogP contribution >= 0.6 is 22.9 Å². The molecule has 0 saturated heterocycles. The topological polar surface area (TPSA) is 108 Å². The van der Waals surface area contributed by atoms with Crippen molar-refractivity contribution in [3.63, 3.8) is 0 Å². The van der Waals surface area contributed by atoms with Crippen molar-refractivity contribution >= 4 is 54.8 Å². The van der Waals surface area contributed by atoms with Crippen molar-refractivity contribution < 1.29 is 18.0 Å². The smallest absolute Gasteiger partial charge is 0.268 e. The summed E-state index contributed by atoms with van der Waals surface area (Å²) in [6, 6.07) is 10.9. The normalized spacial score (nSPS) is 18.1. The fourth-order valence-corrected chi connectivity index (χ4v) is 6.70. The molecule has 0 bridgehead atoms. The van der Waals surface area contributed by atoms with Crippen molar-refractivity contribution in [2.45, 2.75) is 25.3 Å². The molecular weight excluding hydrogens is 458 g/mol.